The quantitative estimate of drug-likeness (QED) is 0.348. The SMILES string of the molecule is O=C(Oc1ccc(-c2nc3ccccc3c(=O)[nH]2)cc1)c1cccc2ccccc12. The van der Waals surface area contributed by atoms with Crippen molar-refractivity contribution < 1.29 is 9.53 Å². The molecule has 0 unspecified atom stereocenters. The molecule has 0 aliphatic carbocycles. The lowest BCUT2D eigenvalue weighted by Gasteiger charge is -2.08. The number of fused-ring (bicyclic) bond motifs is 2. The number of aromatic nitrogens is 2. The molecule has 0 saturated carbocycles. The molecule has 5 aromatic rings. The Hall–Kier alpha value is -4.25. The van der Waals surface area contributed by atoms with E-state index in [9.17, 15) is 9.59 Å². The molecule has 0 amide bonds. The standard InChI is InChI=1S/C25H16N2O3/c28-24-21-9-3-4-11-22(21)26-23(27-24)17-12-14-18(15-13-17)30-25(29)20-10-5-7-16-6-1-2-8-19(16)20/h1-15H,(H,26,27,28). The summed E-state index contributed by atoms with van der Waals surface area (Å²) in [6.45, 7) is 0. The lowest BCUT2D eigenvalue weighted by molar-refractivity contribution is 0.0737. The van der Waals surface area contributed by atoms with Crippen molar-refractivity contribution in [3.05, 3.63) is 107 Å². The summed E-state index contributed by atoms with van der Waals surface area (Å²) in [5, 5.41) is 2.37. The van der Waals surface area contributed by atoms with Gasteiger partial charge in [0.1, 0.15) is 11.6 Å². The molecule has 5 rings (SSSR count). The summed E-state index contributed by atoms with van der Waals surface area (Å²) in [4.78, 5) is 32.3. The fraction of sp³-hybridized carbons (Fsp3) is 0. The van der Waals surface area contributed by atoms with Gasteiger partial charge >= 0.3 is 5.97 Å². The van der Waals surface area contributed by atoms with E-state index in [4.69, 9.17) is 4.74 Å². The summed E-state index contributed by atoms with van der Waals surface area (Å²) in [5.41, 5.74) is 1.67. The van der Waals surface area contributed by atoms with Gasteiger partial charge in [-0.2, -0.15) is 0 Å². The van der Waals surface area contributed by atoms with Crippen molar-refractivity contribution in [1.29, 1.82) is 0 Å². The second-order valence-corrected chi connectivity index (χ2v) is 6.87. The van der Waals surface area contributed by atoms with Crippen LogP contribution in [0.4, 0.5) is 0 Å². The minimum Gasteiger partial charge on any atom is -0.423 e. The molecule has 0 aliphatic heterocycles. The Morgan fingerprint density at radius 2 is 1.47 bits per heavy atom. The molecule has 4 aromatic carbocycles. The number of benzene rings is 4. The van der Waals surface area contributed by atoms with Crippen LogP contribution in [0.1, 0.15) is 10.4 Å². The van der Waals surface area contributed by atoms with E-state index < -0.39 is 5.97 Å². The first-order chi connectivity index (χ1) is 14.7. The molecule has 0 bridgehead atoms. The van der Waals surface area contributed by atoms with E-state index in [1.54, 1.807) is 48.5 Å². The van der Waals surface area contributed by atoms with E-state index in [1.165, 1.54) is 0 Å². The highest BCUT2D eigenvalue weighted by atomic mass is 16.5. The minimum atomic E-state index is -0.420. The molecule has 0 fully saturated rings. The lowest BCUT2D eigenvalue weighted by Crippen LogP contribution is -2.10. The monoisotopic (exact) mass is 392 g/mol. The Morgan fingerprint density at radius 1 is 0.767 bits per heavy atom. The molecular formula is C25H16N2O3. The summed E-state index contributed by atoms with van der Waals surface area (Å²) in [7, 11) is 0. The first kappa shape index (κ1) is 17.8. The zero-order chi connectivity index (χ0) is 20.5. The van der Waals surface area contributed by atoms with E-state index in [1.807, 2.05) is 42.5 Å². The topological polar surface area (TPSA) is 72.0 Å². The van der Waals surface area contributed by atoms with Gasteiger partial charge in [0.2, 0.25) is 0 Å². The van der Waals surface area contributed by atoms with Gasteiger partial charge in [-0.25, -0.2) is 9.78 Å². The van der Waals surface area contributed by atoms with E-state index >= 15 is 0 Å². The van der Waals surface area contributed by atoms with Gasteiger partial charge in [0.05, 0.1) is 16.5 Å². The number of H-pyrrole nitrogens is 1. The van der Waals surface area contributed by atoms with Gasteiger partial charge < -0.3 is 9.72 Å². The van der Waals surface area contributed by atoms with Gasteiger partial charge in [-0.3, -0.25) is 4.79 Å². The highest BCUT2D eigenvalue weighted by Crippen LogP contribution is 2.23. The van der Waals surface area contributed by atoms with Gasteiger partial charge in [0.15, 0.2) is 0 Å². The number of ether oxygens (including phenoxy) is 1. The van der Waals surface area contributed by atoms with Crippen LogP contribution in [-0.4, -0.2) is 15.9 Å². The number of hydrogen-bond acceptors (Lipinski definition) is 4. The number of carbonyl (C=O) groups excluding carboxylic acids is 1. The van der Waals surface area contributed by atoms with Crippen LogP contribution >= 0.6 is 0 Å². The molecular weight excluding hydrogens is 376 g/mol. The van der Waals surface area contributed by atoms with E-state index in [0.29, 0.717) is 28.0 Å². The van der Waals surface area contributed by atoms with Crippen LogP contribution < -0.4 is 10.3 Å². The second kappa shape index (κ2) is 7.29. The molecule has 5 nitrogen and oxygen atoms in total. The molecule has 144 valence electrons. The van der Waals surface area contributed by atoms with Crippen LogP contribution in [0.5, 0.6) is 5.75 Å². The van der Waals surface area contributed by atoms with Crippen molar-refractivity contribution in [1.82, 2.24) is 9.97 Å². The molecule has 1 heterocycles. The van der Waals surface area contributed by atoms with Gasteiger partial charge in [-0.15, -0.1) is 0 Å². The summed E-state index contributed by atoms with van der Waals surface area (Å²) in [5.74, 6) is 0.460. The molecule has 0 atom stereocenters. The molecule has 30 heavy (non-hydrogen) atoms. The number of nitrogens with one attached hydrogen (secondary N) is 1. The number of nitrogens with zero attached hydrogens (tertiary/aromatic N) is 1. The third kappa shape index (κ3) is 3.22. The van der Waals surface area contributed by atoms with Crippen molar-refractivity contribution in [3.8, 4) is 17.1 Å². The van der Waals surface area contributed by atoms with Gasteiger partial charge in [-0.1, -0.05) is 48.5 Å². The van der Waals surface area contributed by atoms with Crippen LogP contribution in [0, 0.1) is 0 Å². The largest absolute Gasteiger partial charge is 0.423 e. The normalized spacial score (nSPS) is 10.9. The highest BCUT2D eigenvalue weighted by Gasteiger charge is 2.13. The zero-order valence-electron chi connectivity index (χ0n) is 15.8. The van der Waals surface area contributed by atoms with Crippen molar-refractivity contribution in [2.24, 2.45) is 0 Å². The number of rotatable bonds is 3. The van der Waals surface area contributed by atoms with Gasteiger partial charge in [0, 0.05) is 5.56 Å². The molecule has 0 aliphatic rings. The first-order valence-corrected chi connectivity index (χ1v) is 9.48. The van der Waals surface area contributed by atoms with Crippen molar-refractivity contribution in [2.45, 2.75) is 0 Å². The number of carbonyl (C=O) groups is 1. The molecule has 1 aromatic heterocycles. The number of para-hydroxylation sites is 1. The van der Waals surface area contributed by atoms with E-state index in [0.717, 1.165) is 16.3 Å². The maximum atomic E-state index is 12.7. The summed E-state index contributed by atoms with van der Waals surface area (Å²) in [6.07, 6.45) is 0. The van der Waals surface area contributed by atoms with E-state index in [-0.39, 0.29) is 5.56 Å². The Balaban J connectivity index is 1.43. The minimum absolute atomic E-state index is 0.193. The average molecular weight is 392 g/mol. The summed E-state index contributed by atoms with van der Waals surface area (Å²) >= 11 is 0. The second-order valence-electron chi connectivity index (χ2n) is 6.87. The van der Waals surface area contributed by atoms with Crippen LogP contribution in [0.3, 0.4) is 0 Å². The Labute approximate surface area is 171 Å². The third-order valence-electron chi connectivity index (χ3n) is 4.96. The van der Waals surface area contributed by atoms with Crippen LogP contribution in [0.2, 0.25) is 0 Å². The third-order valence-corrected chi connectivity index (χ3v) is 4.96. The maximum Gasteiger partial charge on any atom is 0.344 e. The fourth-order valence-corrected chi connectivity index (χ4v) is 3.47. The fourth-order valence-electron chi connectivity index (χ4n) is 3.47. The maximum absolute atomic E-state index is 12.7. The molecule has 1 N–H and O–H groups in total. The zero-order valence-corrected chi connectivity index (χ0v) is 15.8. The smallest absolute Gasteiger partial charge is 0.344 e. The van der Waals surface area contributed by atoms with Gasteiger partial charge in [-0.05, 0) is 53.2 Å². The highest BCUT2D eigenvalue weighted by molar-refractivity contribution is 6.05. The van der Waals surface area contributed by atoms with Crippen LogP contribution in [0.15, 0.2) is 95.8 Å². The Bertz CT molecular complexity index is 1450. The lowest BCUT2D eigenvalue weighted by atomic mass is 10.0. The molecule has 0 spiro atoms. The number of hydrogen-bond donors (Lipinski definition) is 1. The van der Waals surface area contributed by atoms with Crippen LogP contribution in [0.25, 0.3) is 33.1 Å². The number of esters is 1. The number of aromatic amines is 1. The molecule has 0 saturated heterocycles. The van der Waals surface area contributed by atoms with Crippen molar-refractivity contribution in [3.63, 3.8) is 0 Å². The summed E-state index contributed by atoms with van der Waals surface area (Å²) in [6, 6.07) is 27.3. The predicted molar refractivity (Wildman–Crippen MR) is 117 cm³/mol. The molecule has 0 radical (unpaired) electrons. The predicted octanol–water partition coefficient (Wildman–Crippen LogP) is 4.96. The van der Waals surface area contributed by atoms with Crippen molar-refractivity contribution in [2.75, 3.05) is 0 Å². The Kier molecular flexibility index (Phi) is 4.33. The Morgan fingerprint density at radius 3 is 2.30 bits per heavy atom. The summed E-state index contributed by atoms with van der Waals surface area (Å²) < 4.78 is 5.56. The van der Waals surface area contributed by atoms with E-state index in [2.05, 4.69) is 9.97 Å². The average Bonchev–Trinajstić information content (AvgIpc) is 2.79. The van der Waals surface area contributed by atoms with Crippen LogP contribution in [-0.2, 0) is 0 Å². The van der Waals surface area contributed by atoms with Gasteiger partial charge in [0.25, 0.3) is 5.56 Å². The molecule has 5 heteroatoms. The van der Waals surface area contributed by atoms with Crippen molar-refractivity contribution >= 4 is 27.6 Å². The first-order valence-electron chi connectivity index (χ1n) is 9.48.